The molecule has 0 aliphatic rings. The van der Waals surface area contributed by atoms with Gasteiger partial charge in [0.1, 0.15) is 0 Å². The minimum Gasteiger partial charge on any atom is -0.264 e. The number of hydrogen-bond acceptors (Lipinski definition) is 2. The van der Waals surface area contributed by atoms with Crippen LogP contribution in [0.3, 0.4) is 0 Å². The Balaban J connectivity index is -0.0000000800. The molecule has 0 aliphatic carbocycles. The molecule has 0 rings (SSSR count). The zero-order valence-electron chi connectivity index (χ0n) is 2.50. The Morgan fingerprint density at radius 2 is 1.14 bits per heavy atom. The normalized spacial score (nSPS) is 8.29. The zero-order chi connectivity index (χ0) is 4.50. The second-order valence-electron chi connectivity index (χ2n) is 0.448. The summed E-state index contributed by atoms with van der Waals surface area (Å²) in [6.45, 7) is 0. The number of hydrogen-bond donors (Lipinski definition) is 2. The summed E-state index contributed by atoms with van der Waals surface area (Å²) in [7, 11) is -4.67. The van der Waals surface area contributed by atoms with Gasteiger partial charge in [-0.3, -0.25) is 9.11 Å². The molecule has 7 heavy (non-hydrogen) atoms. The molecule has 7 heteroatoms. The molecule has 0 bridgehead atoms. The third-order valence-electron chi connectivity index (χ3n) is 0. The van der Waals surface area contributed by atoms with E-state index in [-0.39, 0.29) is 34.4 Å². The van der Waals surface area contributed by atoms with Crippen LogP contribution in [-0.2, 0) is 27.5 Å². The molecule has 0 amide bonds. The average molecular weight is 183 g/mol. The molecule has 0 heterocycles. The van der Waals surface area contributed by atoms with Crippen LogP contribution < -0.4 is 0 Å². The van der Waals surface area contributed by atoms with E-state index >= 15 is 0 Å². The van der Waals surface area contributed by atoms with E-state index in [4.69, 9.17) is 17.5 Å². The Morgan fingerprint density at radius 3 is 1.14 bits per heavy atom. The van der Waals surface area contributed by atoms with Gasteiger partial charge in [0.15, 0.2) is 17.4 Å². The van der Waals surface area contributed by atoms with Crippen molar-refractivity contribution in [2.24, 2.45) is 0 Å². The van der Waals surface area contributed by atoms with Gasteiger partial charge in [0.05, 0.1) is 0 Å². The summed E-state index contributed by atoms with van der Waals surface area (Å²) in [6, 6.07) is 0. The largest absolute Gasteiger partial charge is 0.394 e. The fourth-order valence-electron chi connectivity index (χ4n) is 0. The molecule has 0 aromatic rings. The van der Waals surface area contributed by atoms with Crippen molar-refractivity contribution >= 4 is 27.8 Å². The summed E-state index contributed by atoms with van der Waals surface area (Å²) in [5.74, 6) is 0. The van der Waals surface area contributed by atoms with Gasteiger partial charge in [-0.2, -0.15) is 8.42 Å². The van der Waals surface area contributed by atoms with Gasteiger partial charge in [-0.15, -0.1) is 0 Å². The predicted molar refractivity (Wildman–Crippen MR) is 24.1 cm³/mol. The minimum absolute atomic E-state index is 0. The van der Waals surface area contributed by atoms with Crippen molar-refractivity contribution < 1.29 is 34.6 Å². The van der Waals surface area contributed by atoms with E-state index in [1.54, 1.807) is 0 Å². The zero-order valence-corrected chi connectivity index (χ0v) is 4.49. The Labute approximate surface area is 62.5 Å². The minimum atomic E-state index is -4.67. The molecular weight excluding hydrogens is 178 g/mol. The van der Waals surface area contributed by atoms with Gasteiger partial charge < -0.3 is 0 Å². The van der Waals surface area contributed by atoms with E-state index in [1.807, 2.05) is 0 Å². The van der Waals surface area contributed by atoms with Crippen molar-refractivity contribution in [2.45, 2.75) is 0 Å². The van der Waals surface area contributed by atoms with E-state index in [0.29, 0.717) is 0 Å². The van der Waals surface area contributed by atoms with Gasteiger partial charge in [-0.25, -0.2) is 0 Å². The summed E-state index contributed by atoms with van der Waals surface area (Å²) in [5.41, 5.74) is 0. The van der Waals surface area contributed by atoms with Gasteiger partial charge in [-0.1, -0.05) is 0 Å². The molecule has 0 saturated heterocycles. The van der Waals surface area contributed by atoms with E-state index in [0.717, 1.165) is 0 Å². The van der Waals surface area contributed by atoms with E-state index < -0.39 is 10.4 Å². The van der Waals surface area contributed by atoms with Crippen molar-refractivity contribution in [1.82, 2.24) is 0 Å². The first-order chi connectivity index (χ1) is 2.00. The van der Waals surface area contributed by atoms with Gasteiger partial charge in [0, 0.05) is 17.1 Å². The molecule has 0 aromatic carbocycles. The molecule has 2 N–H and O–H groups in total. The van der Waals surface area contributed by atoms with Crippen LogP contribution in [0.1, 0.15) is 0 Å². The Bertz CT molecular complexity index is 94.9. The van der Waals surface area contributed by atoms with Crippen LogP contribution in [0.2, 0.25) is 0 Å². The third kappa shape index (κ3) is 197. The molecule has 0 saturated carbocycles. The van der Waals surface area contributed by atoms with Crippen LogP contribution in [0.5, 0.6) is 0 Å². The molecule has 0 spiro atoms. The molecule has 0 atom stereocenters. The fraction of sp³-hybridized carbons (Fsp3) is 0. The summed E-state index contributed by atoms with van der Waals surface area (Å²) >= 11 is 0. The van der Waals surface area contributed by atoms with Crippen molar-refractivity contribution in [3.05, 3.63) is 0 Å². The molecule has 0 aromatic heterocycles. The standard InChI is InChI=1S/Al.Mn.H2O4S.3H/c;;1-5(2,3)4;;;/h;;(H2,1,2,3,4);;;. The molecule has 45 valence electrons. The molecule has 4 nitrogen and oxygen atoms in total. The summed E-state index contributed by atoms with van der Waals surface area (Å²) in [6.07, 6.45) is 0. The van der Waals surface area contributed by atoms with Gasteiger partial charge in [-0.05, 0) is 0 Å². The maximum Gasteiger partial charge on any atom is 0.394 e. The maximum atomic E-state index is 8.74. The fourth-order valence-corrected chi connectivity index (χ4v) is 0. The van der Waals surface area contributed by atoms with Crippen LogP contribution in [0.4, 0.5) is 0 Å². The van der Waals surface area contributed by atoms with Crippen LogP contribution in [-0.4, -0.2) is 34.9 Å². The average Bonchev–Trinajstić information content (AvgIpc) is 0.722. The summed E-state index contributed by atoms with van der Waals surface area (Å²) in [4.78, 5) is 0. The Kier molecular flexibility index (Phi) is 11.3. The first kappa shape index (κ1) is 15.7. The maximum absolute atomic E-state index is 8.74. The predicted octanol–water partition coefficient (Wildman–Crippen LogP) is -1.84. The second-order valence-corrected chi connectivity index (χ2v) is 1.34. The molecule has 0 aliphatic heterocycles. The molecular formula is H5AlMnO4S. The van der Waals surface area contributed by atoms with Gasteiger partial charge >= 0.3 is 10.4 Å². The SMILES string of the molecule is O=S(=O)(O)O.[AlH3].[Mn]. The molecule has 0 unspecified atom stereocenters. The van der Waals surface area contributed by atoms with Crippen molar-refractivity contribution in [2.75, 3.05) is 0 Å². The van der Waals surface area contributed by atoms with Crippen LogP contribution in [0, 0.1) is 0 Å². The molecule has 0 fully saturated rings. The number of rotatable bonds is 0. The van der Waals surface area contributed by atoms with Crippen molar-refractivity contribution in [3.8, 4) is 0 Å². The summed E-state index contributed by atoms with van der Waals surface area (Å²) in [5, 5.41) is 0. The van der Waals surface area contributed by atoms with Crippen molar-refractivity contribution in [1.29, 1.82) is 0 Å². The van der Waals surface area contributed by atoms with E-state index in [9.17, 15) is 0 Å². The molecule has 1 radical (unpaired) electrons. The van der Waals surface area contributed by atoms with Crippen LogP contribution >= 0.6 is 0 Å². The quantitative estimate of drug-likeness (QED) is 0.342. The van der Waals surface area contributed by atoms with E-state index in [1.165, 1.54) is 0 Å². The first-order valence-electron chi connectivity index (χ1n) is 0.698. The Hall–Kier alpha value is 0.922. The smallest absolute Gasteiger partial charge is 0.264 e. The topological polar surface area (TPSA) is 74.6 Å². The summed E-state index contributed by atoms with van der Waals surface area (Å²) < 4.78 is 31.6. The first-order valence-corrected chi connectivity index (χ1v) is 2.10. The monoisotopic (exact) mass is 183 g/mol. The Morgan fingerprint density at radius 1 is 1.14 bits per heavy atom. The second kappa shape index (κ2) is 5.07. The van der Waals surface area contributed by atoms with Gasteiger partial charge in [0.2, 0.25) is 0 Å². The van der Waals surface area contributed by atoms with Crippen LogP contribution in [0.25, 0.3) is 0 Å². The van der Waals surface area contributed by atoms with Crippen molar-refractivity contribution in [3.63, 3.8) is 0 Å². The van der Waals surface area contributed by atoms with E-state index in [2.05, 4.69) is 0 Å². The third-order valence-corrected chi connectivity index (χ3v) is 0. The van der Waals surface area contributed by atoms with Crippen LogP contribution in [0.15, 0.2) is 0 Å². The van der Waals surface area contributed by atoms with Gasteiger partial charge in [0.25, 0.3) is 0 Å².